The van der Waals surface area contributed by atoms with Crippen molar-refractivity contribution >= 4 is 34.5 Å². The van der Waals surface area contributed by atoms with Gasteiger partial charge in [0.1, 0.15) is 15.0 Å². The molecule has 3 aromatic heterocycles. The average Bonchev–Trinajstić information content (AvgIpc) is 3.05. The molecule has 3 aromatic rings. The third-order valence-corrected chi connectivity index (χ3v) is 3.99. The summed E-state index contributed by atoms with van der Waals surface area (Å²) >= 11 is 8.35. The molecule has 0 atom stereocenters. The van der Waals surface area contributed by atoms with Crippen LogP contribution in [0.15, 0.2) is 22.3 Å². The van der Waals surface area contributed by atoms with E-state index in [-0.39, 0.29) is 12.2 Å². The van der Waals surface area contributed by atoms with Gasteiger partial charge in [0.2, 0.25) is 0 Å². The molecule has 0 N–H and O–H groups in total. The van der Waals surface area contributed by atoms with Gasteiger partial charge in [0.25, 0.3) is 0 Å². The van der Waals surface area contributed by atoms with Crippen LogP contribution >= 0.6 is 34.5 Å². The van der Waals surface area contributed by atoms with Gasteiger partial charge in [-0.1, -0.05) is 16.1 Å². The fourth-order valence-corrected chi connectivity index (χ4v) is 2.62. The number of halogens is 1. The van der Waals surface area contributed by atoms with E-state index in [1.807, 2.05) is 11.4 Å². The van der Waals surface area contributed by atoms with E-state index in [0.717, 1.165) is 11.5 Å². The van der Waals surface area contributed by atoms with Crippen molar-refractivity contribution in [3.63, 3.8) is 0 Å². The van der Waals surface area contributed by atoms with Crippen molar-refractivity contribution < 1.29 is 0 Å². The number of tetrazole rings is 1. The minimum Gasteiger partial charge on any atom is -0.244 e. The number of rotatable bonds is 3. The molecule has 0 aliphatic carbocycles. The first kappa shape index (κ1) is 11.5. The predicted molar refractivity (Wildman–Crippen MR) is 67.5 cm³/mol. The molecule has 0 aliphatic heterocycles. The maximum atomic E-state index is 12.0. The lowest BCUT2D eigenvalue weighted by Crippen LogP contribution is -2.24. The van der Waals surface area contributed by atoms with Crippen LogP contribution in [0.4, 0.5) is 0 Å². The summed E-state index contributed by atoms with van der Waals surface area (Å²) in [5.74, 6) is 0. The summed E-state index contributed by atoms with van der Waals surface area (Å²) in [5, 5.41) is 14.0. The van der Waals surface area contributed by atoms with Crippen molar-refractivity contribution in [2.24, 2.45) is 0 Å². The minimum absolute atomic E-state index is 0.166. The first-order valence-corrected chi connectivity index (χ1v) is 6.82. The van der Waals surface area contributed by atoms with Gasteiger partial charge in [0.05, 0.1) is 6.54 Å². The maximum Gasteiger partial charge on any atom is 0.369 e. The molecule has 0 aromatic carbocycles. The molecule has 0 fully saturated rings. The summed E-state index contributed by atoms with van der Waals surface area (Å²) < 4.78 is 6.58. The van der Waals surface area contributed by atoms with Gasteiger partial charge in [-0.05, 0) is 27.9 Å². The van der Waals surface area contributed by atoms with Crippen LogP contribution in [-0.4, -0.2) is 29.4 Å². The van der Waals surface area contributed by atoms with Crippen LogP contribution in [0.2, 0.25) is 4.34 Å². The Balaban J connectivity index is 1.96. The molecule has 0 aliphatic rings. The van der Waals surface area contributed by atoms with Crippen LogP contribution in [0.5, 0.6) is 0 Å². The molecule has 92 valence electrons. The largest absolute Gasteiger partial charge is 0.369 e. The molecule has 7 nitrogen and oxygen atoms in total. The third kappa shape index (κ3) is 1.96. The second kappa shape index (κ2) is 4.59. The highest BCUT2D eigenvalue weighted by atomic mass is 35.5. The van der Waals surface area contributed by atoms with Gasteiger partial charge in [0.15, 0.2) is 0 Å². The molecule has 0 amide bonds. The van der Waals surface area contributed by atoms with E-state index < -0.39 is 0 Å². The quantitative estimate of drug-likeness (QED) is 0.722. The zero-order valence-electron chi connectivity index (χ0n) is 8.73. The van der Waals surface area contributed by atoms with Crippen molar-refractivity contribution in [3.8, 4) is 5.00 Å². The number of nitrogens with zero attached hydrogens (tertiary/aromatic N) is 6. The van der Waals surface area contributed by atoms with Crippen LogP contribution in [0.3, 0.4) is 0 Å². The zero-order chi connectivity index (χ0) is 12.5. The Morgan fingerprint density at radius 2 is 2.28 bits per heavy atom. The summed E-state index contributed by atoms with van der Waals surface area (Å²) in [6.07, 6.45) is 0. The second-order valence-electron chi connectivity index (χ2n) is 3.28. The molecule has 0 spiro atoms. The van der Waals surface area contributed by atoms with Gasteiger partial charge < -0.3 is 0 Å². The first-order chi connectivity index (χ1) is 8.75. The van der Waals surface area contributed by atoms with Gasteiger partial charge in [-0.25, -0.2) is 4.79 Å². The van der Waals surface area contributed by atoms with Crippen LogP contribution in [-0.2, 0) is 6.54 Å². The Morgan fingerprint density at radius 1 is 1.39 bits per heavy atom. The Hall–Kier alpha value is -1.58. The smallest absolute Gasteiger partial charge is 0.244 e. The summed E-state index contributed by atoms with van der Waals surface area (Å²) in [6, 6.07) is 3.63. The number of aromatic nitrogens is 6. The number of hydrogen-bond acceptors (Lipinski definition) is 7. The van der Waals surface area contributed by atoms with E-state index >= 15 is 0 Å². The van der Waals surface area contributed by atoms with Crippen LogP contribution in [0.1, 0.15) is 5.69 Å². The van der Waals surface area contributed by atoms with Gasteiger partial charge in [-0.2, -0.15) is 9.36 Å². The van der Waals surface area contributed by atoms with E-state index in [1.54, 1.807) is 6.07 Å². The van der Waals surface area contributed by atoms with Crippen LogP contribution < -0.4 is 5.69 Å². The third-order valence-electron chi connectivity index (χ3n) is 2.16. The molecule has 3 rings (SSSR count). The number of hydrogen-bond donors (Lipinski definition) is 0. The average molecular weight is 301 g/mol. The highest BCUT2D eigenvalue weighted by molar-refractivity contribution is 7.12. The lowest BCUT2D eigenvalue weighted by molar-refractivity contribution is 0.620. The Kier molecular flexibility index (Phi) is 2.94. The lowest BCUT2D eigenvalue weighted by atomic mass is 10.5. The van der Waals surface area contributed by atoms with Crippen molar-refractivity contribution in [1.82, 2.24) is 29.4 Å². The summed E-state index contributed by atoms with van der Waals surface area (Å²) in [7, 11) is 0. The molecular formula is C8H5ClN6OS2. The standard InChI is InChI=1S/C8H5ClN6OS2/c9-7-5(10-13-18-7)4-14-8(16)15(12-11-14)6-2-1-3-17-6/h1-3H,4H2. The topological polar surface area (TPSA) is 78.5 Å². The van der Waals surface area contributed by atoms with Crippen LogP contribution in [0, 0.1) is 0 Å². The molecule has 0 saturated heterocycles. The highest BCUT2D eigenvalue weighted by Crippen LogP contribution is 2.17. The monoisotopic (exact) mass is 300 g/mol. The fourth-order valence-electron chi connectivity index (χ4n) is 1.34. The normalized spacial score (nSPS) is 10.9. The van der Waals surface area contributed by atoms with Gasteiger partial charge in [-0.3, -0.25) is 0 Å². The van der Waals surface area contributed by atoms with E-state index in [0.29, 0.717) is 15.0 Å². The van der Waals surface area contributed by atoms with E-state index in [4.69, 9.17) is 11.6 Å². The molecule has 0 radical (unpaired) electrons. The van der Waals surface area contributed by atoms with Gasteiger partial charge in [-0.15, -0.1) is 16.4 Å². The summed E-state index contributed by atoms with van der Waals surface area (Å²) in [6.45, 7) is 0.166. The Morgan fingerprint density at radius 3 is 2.94 bits per heavy atom. The Bertz CT molecular complexity index is 714. The van der Waals surface area contributed by atoms with Gasteiger partial charge in [0, 0.05) is 11.5 Å². The van der Waals surface area contributed by atoms with Crippen molar-refractivity contribution in [1.29, 1.82) is 0 Å². The molecule has 3 heterocycles. The molecule has 0 saturated carbocycles. The fraction of sp³-hybridized carbons (Fsp3) is 0.125. The van der Waals surface area contributed by atoms with E-state index in [1.165, 1.54) is 20.7 Å². The lowest BCUT2D eigenvalue weighted by Gasteiger charge is -1.94. The van der Waals surface area contributed by atoms with Crippen molar-refractivity contribution in [2.45, 2.75) is 6.54 Å². The Labute approximate surface area is 113 Å². The van der Waals surface area contributed by atoms with Crippen LogP contribution in [0.25, 0.3) is 5.00 Å². The molecule has 18 heavy (non-hydrogen) atoms. The van der Waals surface area contributed by atoms with E-state index in [9.17, 15) is 4.79 Å². The van der Waals surface area contributed by atoms with E-state index in [2.05, 4.69) is 20.0 Å². The maximum absolute atomic E-state index is 12.0. The summed E-state index contributed by atoms with van der Waals surface area (Å²) in [5.41, 5.74) is 0.184. The molecular weight excluding hydrogens is 296 g/mol. The minimum atomic E-state index is -0.332. The van der Waals surface area contributed by atoms with Crippen molar-refractivity contribution in [3.05, 3.63) is 38.0 Å². The molecule has 10 heteroatoms. The zero-order valence-corrected chi connectivity index (χ0v) is 11.1. The number of thiophene rings is 1. The first-order valence-electron chi connectivity index (χ1n) is 4.79. The SMILES string of the molecule is O=c1n(Cc2nnsc2Cl)nnn1-c1cccs1. The van der Waals surface area contributed by atoms with Crippen molar-refractivity contribution in [2.75, 3.05) is 0 Å². The molecule has 0 unspecified atom stereocenters. The summed E-state index contributed by atoms with van der Waals surface area (Å²) in [4.78, 5) is 12.0. The second-order valence-corrected chi connectivity index (χ2v) is 5.56. The molecule has 0 bridgehead atoms. The van der Waals surface area contributed by atoms with Gasteiger partial charge >= 0.3 is 5.69 Å². The highest BCUT2D eigenvalue weighted by Gasteiger charge is 2.13. The predicted octanol–water partition coefficient (Wildman–Crippen LogP) is 1.04.